The van der Waals surface area contributed by atoms with Crippen LogP contribution < -0.4 is 15.0 Å². The fraction of sp³-hybridized carbons (Fsp3) is 0.526. The van der Waals surface area contributed by atoms with Crippen LogP contribution in [0, 0.1) is 0 Å². The highest BCUT2D eigenvalue weighted by Gasteiger charge is 2.30. The molecule has 2 aliphatic rings. The molecule has 7 nitrogen and oxygen atoms in total. The predicted octanol–water partition coefficient (Wildman–Crippen LogP) is 1.67. The number of nitrogens with zero attached hydrogens (tertiary/aromatic N) is 4. The summed E-state index contributed by atoms with van der Waals surface area (Å²) in [4.78, 5) is 24.8. The molecule has 0 radical (unpaired) electrons. The Balaban J connectivity index is 1.47. The van der Waals surface area contributed by atoms with Gasteiger partial charge in [0.1, 0.15) is 6.33 Å². The van der Waals surface area contributed by atoms with Gasteiger partial charge in [-0.1, -0.05) is 0 Å². The smallest absolute Gasteiger partial charge is 0.272 e. The lowest BCUT2D eigenvalue weighted by atomic mass is 10.0. The van der Waals surface area contributed by atoms with Gasteiger partial charge in [-0.25, -0.2) is 18.7 Å². The van der Waals surface area contributed by atoms with Crippen molar-refractivity contribution >= 4 is 22.5 Å². The number of piperidine rings is 1. The first-order valence-corrected chi connectivity index (χ1v) is 9.54. The third kappa shape index (κ3) is 3.99. The van der Waals surface area contributed by atoms with Crippen LogP contribution in [0.5, 0.6) is 5.88 Å². The molecule has 2 saturated heterocycles. The van der Waals surface area contributed by atoms with Crippen molar-refractivity contribution < 1.29 is 18.3 Å². The van der Waals surface area contributed by atoms with Crippen LogP contribution >= 0.6 is 0 Å². The number of anilines is 1. The van der Waals surface area contributed by atoms with Crippen LogP contribution in [-0.4, -0.2) is 72.6 Å². The third-order valence-electron chi connectivity index (χ3n) is 5.30. The fourth-order valence-electron chi connectivity index (χ4n) is 3.87. The van der Waals surface area contributed by atoms with Gasteiger partial charge in [-0.05, 0) is 31.0 Å². The van der Waals surface area contributed by atoms with Crippen LogP contribution in [0.25, 0.3) is 10.9 Å². The summed E-state index contributed by atoms with van der Waals surface area (Å²) in [6, 6.07) is 5.67. The van der Waals surface area contributed by atoms with E-state index in [1.807, 2.05) is 18.2 Å². The van der Waals surface area contributed by atoms with Crippen LogP contribution in [0.2, 0.25) is 0 Å². The number of halogens is 2. The molecule has 0 spiro atoms. The minimum Gasteiger partial charge on any atom is -0.471 e. The molecule has 1 aromatic heterocycles. The Morgan fingerprint density at radius 2 is 2.04 bits per heavy atom. The maximum absolute atomic E-state index is 12.5. The van der Waals surface area contributed by atoms with Crippen LogP contribution in [-0.2, 0) is 4.79 Å². The van der Waals surface area contributed by atoms with Gasteiger partial charge in [0.25, 0.3) is 6.43 Å². The van der Waals surface area contributed by atoms with E-state index in [4.69, 9.17) is 4.74 Å². The number of hydrogen-bond acceptors (Lipinski definition) is 6. The first kappa shape index (κ1) is 18.8. The highest BCUT2D eigenvalue weighted by Crippen LogP contribution is 2.28. The maximum atomic E-state index is 12.5. The Bertz CT molecular complexity index is 842. The Morgan fingerprint density at radius 3 is 2.79 bits per heavy atom. The molecule has 2 aromatic rings. The van der Waals surface area contributed by atoms with E-state index in [1.54, 1.807) is 0 Å². The second kappa shape index (κ2) is 8.22. The number of amides is 1. The zero-order valence-electron chi connectivity index (χ0n) is 15.5. The van der Waals surface area contributed by atoms with Crippen molar-refractivity contribution in [3.63, 3.8) is 0 Å². The molecular weight excluding hydrogens is 368 g/mol. The van der Waals surface area contributed by atoms with Gasteiger partial charge in [0.2, 0.25) is 11.8 Å². The van der Waals surface area contributed by atoms with E-state index in [9.17, 15) is 13.6 Å². The number of ether oxygens (including phenoxy) is 1. The molecule has 1 unspecified atom stereocenters. The Kier molecular flexibility index (Phi) is 5.52. The average Bonchev–Trinajstić information content (AvgIpc) is 2.72. The number of fused-ring (bicyclic) bond motifs is 1. The minimum atomic E-state index is -2.56. The number of carbonyl (C=O) groups excluding carboxylic acids is 1. The Morgan fingerprint density at radius 1 is 1.21 bits per heavy atom. The summed E-state index contributed by atoms with van der Waals surface area (Å²) >= 11 is 0. The van der Waals surface area contributed by atoms with Crippen LogP contribution in [0.4, 0.5) is 14.5 Å². The molecule has 3 heterocycles. The van der Waals surface area contributed by atoms with Crippen LogP contribution in [0.1, 0.15) is 12.8 Å². The number of piperazine rings is 1. The molecule has 1 amide bonds. The number of benzene rings is 1. The van der Waals surface area contributed by atoms with Crippen molar-refractivity contribution in [2.24, 2.45) is 0 Å². The molecule has 0 bridgehead atoms. The first-order valence-electron chi connectivity index (χ1n) is 9.54. The highest BCUT2D eigenvalue weighted by atomic mass is 19.3. The van der Waals surface area contributed by atoms with E-state index in [1.165, 1.54) is 6.33 Å². The first-order chi connectivity index (χ1) is 13.6. The standard InChI is InChI=1S/C19H23F2N5O2/c20-17(21)11-28-19-14-10-13(3-4-15(14)23-12-24-19)25-6-8-26(9-7-25)16-2-1-5-22-18(16)27/h3-4,10,12,16-17H,1-2,5-9,11H2,(H,22,27). The average molecular weight is 391 g/mol. The SMILES string of the molecule is O=C1NCCCC1N1CCN(c2ccc3ncnc(OCC(F)F)c3c2)CC1. The molecule has 1 atom stereocenters. The summed E-state index contributed by atoms with van der Waals surface area (Å²) in [5.41, 5.74) is 1.62. The van der Waals surface area contributed by atoms with E-state index in [2.05, 4.69) is 25.1 Å². The molecule has 28 heavy (non-hydrogen) atoms. The molecule has 2 fully saturated rings. The summed E-state index contributed by atoms with van der Waals surface area (Å²) in [7, 11) is 0. The summed E-state index contributed by atoms with van der Waals surface area (Å²) in [6.45, 7) is 3.25. The molecule has 0 saturated carbocycles. The monoisotopic (exact) mass is 391 g/mol. The largest absolute Gasteiger partial charge is 0.471 e. The van der Waals surface area contributed by atoms with E-state index in [-0.39, 0.29) is 17.8 Å². The van der Waals surface area contributed by atoms with Crippen LogP contribution in [0.3, 0.4) is 0 Å². The topological polar surface area (TPSA) is 70.6 Å². The van der Waals surface area contributed by atoms with E-state index in [0.29, 0.717) is 10.9 Å². The van der Waals surface area contributed by atoms with Gasteiger partial charge in [0.05, 0.1) is 16.9 Å². The zero-order chi connectivity index (χ0) is 19.5. The number of rotatable bonds is 5. The van der Waals surface area contributed by atoms with Gasteiger partial charge in [0.15, 0.2) is 6.61 Å². The van der Waals surface area contributed by atoms with Gasteiger partial charge in [-0.2, -0.15) is 0 Å². The molecule has 9 heteroatoms. The van der Waals surface area contributed by atoms with Crippen molar-refractivity contribution in [3.8, 4) is 5.88 Å². The van der Waals surface area contributed by atoms with Gasteiger partial charge in [-0.15, -0.1) is 0 Å². The quantitative estimate of drug-likeness (QED) is 0.836. The number of aromatic nitrogens is 2. The molecule has 0 aliphatic carbocycles. The van der Waals surface area contributed by atoms with Crippen molar-refractivity contribution in [1.82, 2.24) is 20.2 Å². The summed E-state index contributed by atoms with van der Waals surface area (Å²) < 4.78 is 30.2. The molecule has 150 valence electrons. The lowest BCUT2D eigenvalue weighted by Gasteiger charge is -2.40. The van der Waals surface area contributed by atoms with Crippen molar-refractivity contribution in [2.45, 2.75) is 25.3 Å². The molecular formula is C19H23F2N5O2. The fourth-order valence-corrected chi connectivity index (χ4v) is 3.87. The predicted molar refractivity (Wildman–Crippen MR) is 101 cm³/mol. The second-order valence-electron chi connectivity index (χ2n) is 7.05. The molecule has 1 aromatic carbocycles. The minimum absolute atomic E-state index is 0.0322. The number of nitrogens with one attached hydrogen (secondary N) is 1. The van der Waals surface area contributed by atoms with Crippen molar-refractivity contribution in [3.05, 3.63) is 24.5 Å². The normalized spacial score (nSPS) is 21.2. The van der Waals surface area contributed by atoms with E-state index < -0.39 is 13.0 Å². The summed E-state index contributed by atoms with van der Waals surface area (Å²) in [5, 5.41) is 3.56. The molecule has 1 N–H and O–H groups in total. The third-order valence-corrected chi connectivity index (χ3v) is 5.30. The molecule has 2 aliphatic heterocycles. The lowest BCUT2D eigenvalue weighted by Crippen LogP contribution is -2.56. The Hall–Kier alpha value is -2.55. The van der Waals surface area contributed by atoms with Gasteiger partial charge >= 0.3 is 0 Å². The lowest BCUT2D eigenvalue weighted by molar-refractivity contribution is -0.128. The summed E-state index contributed by atoms with van der Waals surface area (Å²) in [6.07, 6.45) is 0.682. The van der Waals surface area contributed by atoms with Gasteiger partial charge < -0.3 is 15.0 Å². The van der Waals surface area contributed by atoms with Gasteiger partial charge in [0, 0.05) is 38.4 Å². The Labute approximate surface area is 161 Å². The van der Waals surface area contributed by atoms with Crippen molar-refractivity contribution in [1.29, 1.82) is 0 Å². The zero-order valence-corrected chi connectivity index (χ0v) is 15.5. The van der Waals surface area contributed by atoms with Crippen molar-refractivity contribution in [2.75, 3.05) is 44.2 Å². The van der Waals surface area contributed by atoms with Crippen LogP contribution in [0.15, 0.2) is 24.5 Å². The van der Waals surface area contributed by atoms with E-state index >= 15 is 0 Å². The molecule has 4 rings (SSSR count). The highest BCUT2D eigenvalue weighted by molar-refractivity contribution is 5.86. The summed E-state index contributed by atoms with van der Waals surface area (Å²) in [5.74, 6) is 0.299. The second-order valence-corrected chi connectivity index (χ2v) is 7.05. The number of carbonyl (C=O) groups is 1. The van der Waals surface area contributed by atoms with Gasteiger partial charge in [-0.3, -0.25) is 9.69 Å². The maximum Gasteiger partial charge on any atom is 0.272 e. The van der Waals surface area contributed by atoms with E-state index in [0.717, 1.165) is 51.3 Å². The number of hydrogen-bond donors (Lipinski definition) is 1. The number of alkyl halides is 2.